The standard InChI is InChI=1S/C24H20N4O4/c1-32-22-9-5-6-19(15-22)25-23(29)14-18-16-27(20-7-3-2-4-8-20)26-24(18)17-10-12-21(13-11-17)28(30)31/h2-13,15-16H,14H2,1H3,(H,25,29). The first kappa shape index (κ1) is 20.8. The Kier molecular flexibility index (Phi) is 5.94. The van der Waals surface area contributed by atoms with Crippen molar-refractivity contribution in [2.24, 2.45) is 0 Å². The molecule has 0 unspecified atom stereocenters. The van der Waals surface area contributed by atoms with Crippen LogP contribution in [0.1, 0.15) is 5.56 Å². The van der Waals surface area contributed by atoms with Gasteiger partial charge in [0, 0.05) is 41.2 Å². The van der Waals surface area contributed by atoms with Crippen molar-refractivity contribution in [3.63, 3.8) is 0 Å². The van der Waals surface area contributed by atoms with Crippen LogP contribution in [0, 0.1) is 10.1 Å². The average Bonchev–Trinajstić information content (AvgIpc) is 3.23. The summed E-state index contributed by atoms with van der Waals surface area (Å²) in [4.78, 5) is 23.3. The monoisotopic (exact) mass is 428 g/mol. The average molecular weight is 428 g/mol. The summed E-state index contributed by atoms with van der Waals surface area (Å²) in [5, 5.41) is 18.5. The Morgan fingerprint density at radius 1 is 1.06 bits per heavy atom. The summed E-state index contributed by atoms with van der Waals surface area (Å²) >= 11 is 0. The molecule has 0 aliphatic heterocycles. The molecule has 0 fully saturated rings. The SMILES string of the molecule is COc1cccc(NC(=O)Cc2cn(-c3ccccc3)nc2-c2ccc([N+](=O)[O-])cc2)c1. The van der Waals surface area contributed by atoms with E-state index < -0.39 is 4.92 Å². The minimum atomic E-state index is -0.450. The number of hydrogen-bond acceptors (Lipinski definition) is 5. The van der Waals surface area contributed by atoms with E-state index in [1.807, 2.05) is 30.3 Å². The number of nitro benzene ring substituents is 1. The Bertz CT molecular complexity index is 1250. The van der Waals surface area contributed by atoms with Crippen LogP contribution < -0.4 is 10.1 Å². The Labute approximate surface area is 184 Å². The second-order valence-corrected chi connectivity index (χ2v) is 7.04. The van der Waals surface area contributed by atoms with Crippen molar-refractivity contribution < 1.29 is 14.5 Å². The molecule has 0 atom stereocenters. The number of nitro groups is 1. The van der Waals surface area contributed by atoms with E-state index in [0.29, 0.717) is 28.3 Å². The number of para-hydroxylation sites is 1. The maximum Gasteiger partial charge on any atom is 0.269 e. The first-order valence-electron chi connectivity index (χ1n) is 9.86. The van der Waals surface area contributed by atoms with Crippen LogP contribution in [0.4, 0.5) is 11.4 Å². The van der Waals surface area contributed by atoms with Gasteiger partial charge in [-0.2, -0.15) is 5.10 Å². The number of nitrogens with zero attached hydrogens (tertiary/aromatic N) is 3. The molecule has 4 aromatic rings. The minimum absolute atomic E-state index is 0.00596. The van der Waals surface area contributed by atoms with Gasteiger partial charge in [0.05, 0.1) is 29.8 Å². The summed E-state index contributed by atoms with van der Waals surface area (Å²) in [7, 11) is 1.56. The van der Waals surface area contributed by atoms with E-state index in [2.05, 4.69) is 10.4 Å². The van der Waals surface area contributed by atoms with Crippen molar-refractivity contribution in [2.45, 2.75) is 6.42 Å². The molecule has 3 aromatic carbocycles. The van der Waals surface area contributed by atoms with Crippen molar-refractivity contribution in [2.75, 3.05) is 12.4 Å². The molecule has 1 aromatic heterocycles. The summed E-state index contributed by atoms with van der Waals surface area (Å²) in [6.45, 7) is 0. The van der Waals surface area contributed by atoms with Crippen molar-refractivity contribution in [1.29, 1.82) is 0 Å². The fourth-order valence-corrected chi connectivity index (χ4v) is 3.32. The number of carbonyl (C=O) groups is 1. The largest absolute Gasteiger partial charge is 0.497 e. The molecule has 8 heteroatoms. The number of ether oxygens (including phenoxy) is 1. The summed E-state index contributed by atoms with van der Waals surface area (Å²) in [6, 6.07) is 22.8. The van der Waals surface area contributed by atoms with Crippen molar-refractivity contribution in [1.82, 2.24) is 9.78 Å². The number of rotatable bonds is 7. The molecule has 0 saturated carbocycles. The first-order valence-corrected chi connectivity index (χ1v) is 9.86. The highest BCUT2D eigenvalue weighted by molar-refractivity contribution is 5.93. The number of non-ortho nitro benzene ring substituents is 1. The van der Waals surface area contributed by atoms with Gasteiger partial charge in [-0.3, -0.25) is 14.9 Å². The van der Waals surface area contributed by atoms with Crippen LogP contribution in [-0.2, 0) is 11.2 Å². The molecule has 4 rings (SSSR count). The molecule has 32 heavy (non-hydrogen) atoms. The highest BCUT2D eigenvalue weighted by Crippen LogP contribution is 2.27. The fraction of sp³-hybridized carbons (Fsp3) is 0.0833. The first-order chi connectivity index (χ1) is 15.5. The molecular weight excluding hydrogens is 408 g/mol. The Morgan fingerprint density at radius 3 is 2.50 bits per heavy atom. The van der Waals surface area contributed by atoms with Gasteiger partial charge >= 0.3 is 0 Å². The van der Waals surface area contributed by atoms with Gasteiger partial charge in [-0.05, 0) is 36.4 Å². The molecule has 1 heterocycles. The van der Waals surface area contributed by atoms with E-state index in [-0.39, 0.29) is 18.0 Å². The van der Waals surface area contributed by atoms with Gasteiger partial charge in [-0.1, -0.05) is 24.3 Å². The van der Waals surface area contributed by atoms with Crippen LogP contribution in [0.2, 0.25) is 0 Å². The topological polar surface area (TPSA) is 99.3 Å². The minimum Gasteiger partial charge on any atom is -0.497 e. The normalized spacial score (nSPS) is 10.5. The quantitative estimate of drug-likeness (QED) is 0.342. The maximum absolute atomic E-state index is 12.8. The van der Waals surface area contributed by atoms with E-state index >= 15 is 0 Å². The molecule has 0 saturated heterocycles. The predicted molar refractivity (Wildman–Crippen MR) is 121 cm³/mol. The third kappa shape index (κ3) is 4.65. The second kappa shape index (κ2) is 9.13. The number of amides is 1. The van der Waals surface area contributed by atoms with E-state index in [9.17, 15) is 14.9 Å². The van der Waals surface area contributed by atoms with Crippen LogP contribution >= 0.6 is 0 Å². The number of benzene rings is 3. The molecule has 0 bridgehead atoms. The lowest BCUT2D eigenvalue weighted by atomic mass is 10.1. The van der Waals surface area contributed by atoms with Gasteiger partial charge in [-0.25, -0.2) is 4.68 Å². The Balaban J connectivity index is 1.65. The van der Waals surface area contributed by atoms with Gasteiger partial charge in [0.2, 0.25) is 5.91 Å². The molecule has 0 spiro atoms. The predicted octanol–water partition coefficient (Wildman–Crippen LogP) is 4.64. The number of methoxy groups -OCH3 is 1. The summed E-state index contributed by atoms with van der Waals surface area (Å²) in [5.41, 5.74) is 3.44. The number of carbonyl (C=O) groups excluding carboxylic acids is 1. The number of aromatic nitrogens is 2. The molecule has 8 nitrogen and oxygen atoms in total. The number of nitrogens with one attached hydrogen (secondary N) is 1. The van der Waals surface area contributed by atoms with E-state index in [0.717, 1.165) is 5.69 Å². The zero-order valence-electron chi connectivity index (χ0n) is 17.3. The lowest BCUT2D eigenvalue weighted by Gasteiger charge is -2.07. The van der Waals surface area contributed by atoms with Crippen molar-refractivity contribution >= 4 is 17.3 Å². The van der Waals surface area contributed by atoms with Gasteiger partial charge < -0.3 is 10.1 Å². The van der Waals surface area contributed by atoms with Crippen LogP contribution in [0.25, 0.3) is 16.9 Å². The van der Waals surface area contributed by atoms with Crippen LogP contribution in [0.5, 0.6) is 5.75 Å². The fourth-order valence-electron chi connectivity index (χ4n) is 3.32. The van der Waals surface area contributed by atoms with Crippen molar-refractivity contribution in [3.05, 3.63) is 101 Å². The summed E-state index contributed by atoms with van der Waals surface area (Å²) in [6.07, 6.45) is 1.88. The third-order valence-electron chi connectivity index (χ3n) is 4.87. The summed E-state index contributed by atoms with van der Waals surface area (Å²) < 4.78 is 6.90. The van der Waals surface area contributed by atoms with Crippen LogP contribution in [0.15, 0.2) is 85.1 Å². The summed E-state index contributed by atoms with van der Waals surface area (Å²) in [5.74, 6) is 0.431. The molecule has 0 radical (unpaired) electrons. The molecule has 0 aliphatic carbocycles. The number of hydrogen-bond donors (Lipinski definition) is 1. The van der Waals surface area contributed by atoms with Gasteiger partial charge in [0.15, 0.2) is 0 Å². The van der Waals surface area contributed by atoms with Gasteiger partial charge in [0.25, 0.3) is 5.69 Å². The molecule has 1 amide bonds. The van der Waals surface area contributed by atoms with Crippen LogP contribution in [-0.4, -0.2) is 27.7 Å². The van der Waals surface area contributed by atoms with E-state index in [1.165, 1.54) is 12.1 Å². The molecule has 1 N–H and O–H groups in total. The van der Waals surface area contributed by atoms with Gasteiger partial charge in [-0.15, -0.1) is 0 Å². The smallest absolute Gasteiger partial charge is 0.269 e. The lowest BCUT2D eigenvalue weighted by molar-refractivity contribution is -0.384. The molecule has 160 valence electrons. The maximum atomic E-state index is 12.8. The molecule has 0 aliphatic rings. The van der Waals surface area contributed by atoms with E-state index in [4.69, 9.17) is 4.74 Å². The number of anilines is 1. The highest BCUT2D eigenvalue weighted by Gasteiger charge is 2.17. The zero-order valence-corrected chi connectivity index (χ0v) is 17.3. The van der Waals surface area contributed by atoms with Crippen LogP contribution in [0.3, 0.4) is 0 Å². The zero-order chi connectivity index (χ0) is 22.5. The Hall–Kier alpha value is -4.46. The highest BCUT2D eigenvalue weighted by atomic mass is 16.6. The lowest BCUT2D eigenvalue weighted by Crippen LogP contribution is -2.14. The second-order valence-electron chi connectivity index (χ2n) is 7.04. The Morgan fingerprint density at radius 2 is 1.81 bits per heavy atom. The molecular formula is C24H20N4O4. The van der Waals surface area contributed by atoms with Crippen molar-refractivity contribution in [3.8, 4) is 22.7 Å². The third-order valence-corrected chi connectivity index (χ3v) is 4.87. The van der Waals surface area contributed by atoms with E-state index in [1.54, 1.807) is 54.4 Å². The van der Waals surface area contributed by atoms with Gasteiger partial charge in [0.1, 0.15) is 5.75 Å².